The van der Waals surface area contributed by atoms with Crippen molar-refractivity contribution in [3.63, 3.8) is 0 Å². The van der Waals surface area contributed by atoms with Crippen LogP contribution in [0, 0.1) is 6.92 Å². The van der Waals surface area contributed by atoms with Crippen LogP contribution in [0.3, 0.4) is 0 Å². The Morgan fingerprint density at radius 2 is 2.16 bits per heavy atom. The van der Waals surface area contributed by atoms with Crippen molar-refractivity contribution in [1.29, 1.82) is 0 Å². The van der Waals surface area contributed by atoms with E-state index in [4.69, 9.17) is 17.3 Å². The number of amides is 1. The first-order chi connectivity index (χ1) is 9.04. The van der Waals surface area contributed by atoms with Gasteiger partial charge in [0.2, 0.25) is 5.91 Å². The lowest BCUT2D eigenvalue weighted by molar-refractivity contribution is -0.117. The number of likely N-dealkylation sites (tertiary alicyclic amines) is 1. The SMILES string of the molecule is Cc1ccc(NC(=O)CN2CCC(N)CC2)c(Cl)c1. The summed E-state index contributed by atoms with van der Waals surface area (Å²) in [7, 11) is 0. The highest BCUT2D eigenvalue weighted by atomic mass is 35.5. The number of piperidine rings is 1. The highest BCUT2D eigenvalue weighted by Crippen LogP contribution is 2.22. The largest absolute Gasteiger partial charge is 0.328 e. The highest BCUT2D eigenvalue weighted by Gasteiger charge is 2.18. The Balaban J connectivity index is 1.87. The van der Waals surface area contributed by atoms with Crippen LogP contribution in [0.5, 0.6) is 0 Å². The lowest BCUT2D eigenvalue weighted by atomic mass is 10.1. The zero-order valence-electron chi connectivity index (χ0n) is 11.2. The molecule has 104 valence electrons. The second kappa shape index (κ2) is 6.37. The minimum absolute atomic E-state index is 0.0266. The van der Waals surface area contributed by atoms with Crippen LogP contribution in [0.15, 0.2) is 18.2 Å². The smallest absolute Gasteiger partial charge is 0.238 e. The third kappa shape index (κ3) is 4.20. The number of carbonyl (C=O) groups excluding carboxylic acids is 1. The molecule has 3 N–H and O–H groups in total. The Bertz CT molecular complexity index is 456. The van der Waals surface area contributed by atoms with Crippen LogP contribution in [0.25, 0.3) is 0 Å². The molecule has 0 saturated carbocycles. The number of nitrogens with one attached hydrogen (secondary N) is 1. The Labute approximate surface area is 118 Å². The maximum atomic E-state index is 12.0. The molecule has 1 aliphatic heterocycles. The van der Waals surface area contributed by atoms with Crippen molar-refractivity contribution in [2.45, 2.75) is 25.8 Å². The van der Waals surface area contributed by atoms with E-state index < -0.39 is 0 Å². The van der Waals surface area contributed by atoms with Crippen LogP contribution < -0.4 is 11.1 Å². The van der Waals surface area contributed by atoms with Crippen molar-refractivity contribution >= 4 is 23.2 Å². The van der Waals surface area contributed by atoms with Crippen LogP contribution >= 0.6 is 11.6 Å². The van der Waals surface area contributed by atoms with Crippen LogP contribution in [-0.4, -0.2) is 36.5 Å². The molecule has 4 nitrogen and oxygen atoms in total. The average Bonchev–Trinajstić information content (AvgIpc) is 2.36. The van der Waals surface area contributed by atoms with Crippen LogP contribution in [0.4, 0.5) is 5.69 Å². The molecular weight excluding hydrogens is 262 g/mol. The van der Waals surface area contributed by atoms with E-state index >= 15 is 0 Å². The second-order valence-electron chi connectivity index (χ2n) is 5.15. The lowest BCUT2D eigenvalue weighted by Gasteiger charge is -2.29. The molecule has 5 heteroatoms. The fourth-order valence-corrected chi connectivity index (χ4v) is 2.51. The maximum Gasteiger partial charge on any atom is 0.238 e. The zero-order valence-corrected chi connectivity index (χ0v) is 11.9. The summed E-state index contributed by atoms with van der Waals surface area (Å²) in [5, 5.41) is 3.43. The number of anilines is 1. The molecule has 1 heterocycles. The van der Waals surface area contributed by atoms with Crippen molar-refractivity contribution in [2.75, 3.05) is 25.0 Å². The quantitative estimate of drug-likeness (QED) is 0.891. The van der Waals surface area contributed by atoms with Gasteiger partial charge in [0.25, 0.3) is 0 Å². The number of carbonyl (C=O) groups is 1. The second-order valence-corrected chi connectivity index (χ2v) is 5.55. The topological polar surface area (TPSA) is 58.4 Å². The molecule has 0 atom stereocenters. The molecule has 1 aromatic carbocycles. The Kier molecular flexibility index (Phi) is 4.80. The Hall–Kier alpha value is -1.10. The van der Waals surface area contributed by atoms with E-state index in [1.54, 1.807) is 0 Å². The third-order valence-electron chi connectivity index (χ3n) is 3.40. The molecule has 1 aliphatic rings. The molecule has 1 saturated heterocycles. The van der Waals surface area contributed by atoms with Gasteiger partial charge in [0.1, 0.15) is 0 Å². The van der Waals surface area contributed by atoms with Crippen molar-refractivity contribution in [2.24, 2.45) is 5.73 Å². The van der Waals surface area contributed by atoms with Crippen molar-refractivity contribution < 1.29 is 4.79 Å². The number of rotatable bonds is 3. The van der Waals surface area contributed by atoms with Crippen molar-refractivity contribution in [1.82, 2.24) is 4.90 Å². The number of hydrogen-bond acceptors (Lipinski definition) is 3. The van der Waals surface area contributed by atoms with Gasteiger partial charge in [-0.15, -0.1) is 0 Å². The average molecular weight is 282 g/mol. The van der Waals surface area contributed by atoms with Crippen LogP contribution in [0.1, 0.15) is 18.4 Å². The molecule has 0 aliphatic carbocycles. The van der Waals surface area contributed by atoms with Gasteiger partial charge in [-0.3, -0.25) is 9.69 Å². The summed E-state index contributed by atoms with van der Waals surface area (Å²) in [6.07, 6.45) is 1.91. The minimum atomic E-state index is -0.0266. The van der Waals surface area contributed by atoms with Gasteiger partial charge in [-0.25, -0.2) is 0 Å². The molecule has 1 fully saturated rings. The lowest BCUT2D eigenvalue weighted by Crippen LogP contribution is -2.43. The molecular formula is C14H20ClN3O. The summed E-state index contributed by atoms with van der Waals surface area (Å²) in [5.41, 5.74) is 7.59. The summed E-state index contributed by atoms with van der Waals surface area (Å²) in [4.78, 5) is 14.1. The standard InChI is InChI=1S/C14H20ClN3O/c1-10-2-3-13(12(15)8-10)17-14(19)9-18-6-4-11(16)5-7-18/h2-3,8,11H,4-7,9,16H2,1H3,(H,17,19). The van der Waals surface area contributed by atoms with Gasteiger partial charge < -0.3 is 11.1 Å². The van der Waals surface area contributed by atoms with E-state index in [1.807, 2.05) is 25.1 Å². The van der Waals surface area contributed by atoms with E-state index in [0.717, 1.165) is 31.5 Å². The van der Waals surface area contributed by atoms with Crippen molar-refractivity contribution in [3.05, 3.63) is 28.8 Å². The molecule has 0 radical (unpaired) electrons. The number of hydrogen-bond donors (Lipinski definition) is 2. The Morgan fingerprint density at radius 1 is 1.47 bits per heavy atom. The number of nitrogens with zero attached hydrogens (tertiary/aromatic N) is 1. The summed E-state index contributed by atoms with van der Waals surface area (Å²) in [5.74, 6) is -0.0266. The van der Waals surface area contributed by atoms with Gasteiger partial charge in [0, 0.05) is 19.1 Å². The number of halogens is 1. The summed E-state index contributed by atoms with van der Waals surface area (Å²) >= 11 is 6.09. The van der Waals surface area contributed by atoms with Crippen LogP contribution in [-0.2, 0) is 4.79 Å². The van der Waals surface area contributed by atoms with Gasteiger partial charge in [-0.1, -0.05) is 17.7 Å². The number of aryl methyl sites for hydroxylation is 1. The monoisotopic (exact) mass is 281 g/mol. The van der Waals surface area contributed by atoms with Gasteiger partial charge in [-0.2, -0.15) is 0 Å². The van der Waals surface area contributed by atoms with Gasteiger partial charge in [0.05, 0.1) is 17.3 Å². The summed E-state index contributed by atoms with van der Waals surface area (Å²) in [6.45, 7) is 4.14. The zero-order chi connectivity index (χ0) is 13.8. The predicted octanol–water partition coefficient (Wildman–Crippen LogP) is 2.01. The first-order valence-electron chi connectivity index (χ1n) is 6.58. The van der Waals surface area contributed by atoms with E-state index in [0.29, 0.717) is 17.3 Å². The van der Waals surface area contributed by atoms with E-state index in [1.165, 1.54) is 0 Å². The number of nitrogens with two attached hydrogens (primary N) is 1. The first-order valence-corrected chi connectivity index (χ1v) is 6.96. The fraction of sp³-hybridized carbons (Fsp3) is 0.500. The predicted molar refractivity (Wildman–Crippen MR) is 78.5 cm³/mol. The molecule has 0 spiro atoms. The van der Waals surface area contributed by atoms with Crippen LogP contribution in [0.2, 0.25) is 5.02 Å². The summed E-state index contributed by atoms with van der Waals surface area (Å²) in [6, 6.07) is 5.89. The molecule has 0 bridgehead atoms. The van der Waals surface area contributed by atoms with Gasteiger partial charge >= 0.3 is 0 Å². The van der Waals surface area contributed by atoms with Gasteiger partial charge in [-0.05, 0) is 37.5 Å². The fourth-order valence-electron chi connectivity index (χ4n) is 2.23. The molecule has 2 rings (SSSR count). The normalized spacial score (nSPS) is 17.4. The first kappa shape index (κ1) is 14.3. The highest BCUT2D eigenvalue weighted by molar-refractivity contribution is 6.33. The number of benzene rings is 1. The van der Waals surface area contributed by atoms with E-state index in [-0.39, 0.29) is 11.9 Å². The van der Waals surface area contributed by atoms with Crippen molar-refractivity contribution in [3.8, 4) is 0 Å². The molecule has 19 heavy (non-hydrogen) atoms. The molecule has 0 unspecified atom stereocenters. The van der Waals surface area contributed by atoms with Gasteiger partial charge in [0.15, 0.2) is 0 Å². The minimum Gasteiger partial charge on any atom is -0.328 e. The van der Waals surface area contributed by atoms with E-state index in [9.17, 15) is 4.79 Å². The van der Waals surface area contributed by atoms with E-state index in [2.05, 4.69) is 10.2 Å². The maximum absolute atomic E-state index is 12.0. The molecule has 0 aromatic heterocycles. The molecule has 1 amide bonds. The summed E-state index contributed by atoms with van der Waals surface area (Å²) < 4.78 is 0. The Morgan fingerprint density at radius 3 is 2.79 bits per heavy atom. The third-order valence-corrected chi connectivity index (χ3v) is 3.71. The molecule has 1 aromatic rings.